The summed E-state index contributed by atoms with van der Waals surface area (Å²) in [6.45, 7) is 6.16. The second-order valence-electron chi connectivity index (χ2n) is 9.72. The molecule has 3 heterocycles. The molecule has 7 nitrogen and oxygen atoms in total. The van der Waals surface area contributed by atoms with E-state index < -0.39 is 0 Å². The van der Waals surface area contributed by atoms with Gasteiger partial charge in [-0.1, -0.05) is 0 Å². The molecule has 1 atom stereocenters. The van der Waals surface area contributed by atoms with Crippen LogP contribution in [0, 0.1) is 5.82 Å². The van der Waals surface area contributed by atoms with Crippen LogP contribution in [-0.2, 0) is 4.79 Å². The number of hydrogen-bond acceptors (Lipinski definition) is 5. The van der Waals surface area contributed by atoms with Crippen LogP contribution in [0.3, 0.4) is 0 Å². The molecule has 186 valence electrons. The maximum Gasteiger partial charge on any atom is 0.251 e. The van der Waals surface area contributed by atoms with Gasteiger partial charge >= 0.3 is 0 Å². The molecule has 2 aromatic rings. The quantitative estimate of drug-likeness (QED) is 0.646. The Morgan fingerprint density at radius 1 is 1.00 bits per heavy atom. The van der Waals surface area contributed by atoms with Gasteiger partial charge in [-0.3, -0.25) is 14.5 Å². The third-order valence-corrected chi connectivity index (χ3v) is 7.53. The number of rotatable bonds is 6. The number of nitrogens with zero attached hydrogens (tertiary/aromatic N) is 4. The lowest BCUT2D eigenvalue weighted by Crippen LogP contribution is -2.54. The van der Waals surface area contributed by atoms with Crippen LogP contribution >= 0.6 is 0 Å². The van der Waals surface area contributed by atoms with E-state index in [-0.39, 0.29) is 23.7 Å². The van der Waals surface area contributed by atoms with Crippen molar-refractivity contribution >= 4 is 28.9 Å². The van der Waals surface area contributed by atoms with Gasteiger partial charge in [0.25, 0.3) is 5.91 Å². The van der Waals surface area contributed by atoms with Crippen molar-refractivity contribution in [2.24, 2.45) is 0 Å². The zero-order chi connectivity index (χ0) is 24.4. The monoisotopic (exact) mass is 479 g/mol. The number of piperidine rings is 1. The minimum absolute atomic E-state index is 0.0708. The Hall–Kier alpha value is -3.13. The van der Waals surface area contributed by atoms with E-state index in [1.165, 1.54) is 12.1 Å². The van der Waals surface area contributed by atoms with Gasteiger partial charge in [-0.2, -0.15) is 0 Å². The second-order valence-corrected chi connectivity index (χ2v) is 9.72. The van der Waals surface area contributed by atoms with E-state index in [9.17, 15) is 14.0 Å². The molecule has 2 aromatic carbocycles. The van der Waals surface area contributed by atoms with Gasteiger partial charge in [-0.05, 0) is 74.7 Å². The van der Waals surface area contributed by atoms with Crippen molar-refractivity contribution in [3.8, 4) is 0 Å². The van der Waals surface area contributed by atoms with Crippen LogP contribution in [0.15, 0.2) is 42.5 Å². The third kappa shape index (κ3) is 4.98. The first-order chi connectivity index (χ1) is 17.0. The number of carbonyl (C=O) groups is 2. The first kappa shape index (κ1) is 23.6. The highest BCUT2D eigenvalue weighted by Crippen LogP contribution is 2.39. The molecule has 0 saturated carbocycles. The SMILES string of the molecule is CN1C(=O)[C@H]2CCCCN2c2ccc(C(=O)NCCCN3CCN(c4ccc(F)cc4)CC3)cc21. The molecular formula is C27H34FN5O2. The fourth-order valence-corrected chi connectivity index (χ4v) is 5.48. The number of hydrogen-bond donors (Lipinski definition) is 1. The highest BCUT2D eigenvalue weighted by molar-refractivity contribution is 6.07. The molecule has 0 radical (unpaired) electrons. The van der Waals surface area contributed by atoms with Crippen molar-refractivity contribution in [1.29, 1.82) is 0 Å². The fraction of sp³-hybridized carbons (Fsp3) is 0.481. The molecule has 0 aliphatic carbocycles. The minimum Gasteiger partial charge on any atom is -0.369 e. The summed E-state index contributed by atoms with van der Waals surface area (Å²) >= 11 is 0. The zero-order valence-electron chi connectivity index (χ0n) is 20.4. The average Bonchev–Trinajstić information content (AvgIpc) is 2.90. The Morgan fingerprint density at radius 3 is 2.54 bits per heavy atom. The summed E-state index contributed by atoms with van der Waals surface area (Å²) < 4.78 is 13.1. The molecule has 0 unspecified atom stereocenters. The maximum atomic E-state index is 13.1. The summed E-state index contributed by atoms with van der Waals surface area (Å²) in [4.78, 5) is 34.2. The number of halogens is 1. The molecule has 0 bridgehead atoms. The van der Waals surface area contributed by atoms with Crippen LogP contribution in [0.5, 0.6) is 0 Å². The standard InChI is InChI=1S/C27H34FN5O2/c1-30-25-19-20(6-11-23(25)33-14-3-2-5-24(33)27(30)35)26(34)29-12-4-13-31-15-17-32(18-16-31)22-9-7-21(28)8-10-22/h6-11,19,24H,2-5,12-18H2,1H3,(H,29,34)/t24-/m1/s1. The molecule has 5 rings (SSSR count). The lowest BCUT2D eigenvalue weighted by Gasteiger charge is -2.44. The Bertz CT molecular complexity index is 1070. The first-order valence-electron chi connectivity index (χ1n) is 12.7. The summed E-state index contributed by atoms with van der Waals surface area (Å²) in [6.07, 6.45) is 3.95. The van der Waals surface area contributed by atoms with Crippen molar-refractivity contribution in [2.75, 3.05) is 67.6 Å². The summed E-state index contributed by atoms with van der Waals surface area (Å²) in [5, 5.41) is 3.04. The topological polar surface area (TPSA) is 59.1 Å². The van der Waals surface area contributed by atoms with Gasteiger partial charge in [-0.25, -0.2) is 4.39 Å². The van der Waals surface area contributed by atoms with Crippen molar-refractivity contribution in [2.45, 2.75) is 31.7 Å². The van der Waals surface area contributed by atoms with Crippen LogP contribution in [0.2, 0.25) is 0 Å². The lowest BCUT2D eigenvalue weighted by atomic mass is 9.96. The molecule has 2 fully saturated rings. The van der Waals surface area contributed by atoms with Gasteiger partial charge in [0.15, 0.2) is 0 Å². The van der Waals surface area contributed by atoms with Gasteiger partial charge in [0.1, 0.15) is 11.9 Å². The highest BCUT2D eigenvalue weighted by Gasteiger charge is 2.38. The molecule has 3 aliphatic heterocycles. The summed E-state index contributed by atoms with van der Waals surface area (Å²) in [6, 6.07) is 12.3. The van der Waals surface area contributed by atoms with Gasteiger partial charge in [-0.15, -0.1) is 0 Å². The Morgan fingerprint density at radius 2 is 1.77 bits per heavy atom. The fourth-order valence-electron chi connectivity index (χ4n) is 5.48. The summed E-state index contributed by atoms with van der Waals surface area (Å²) in [5.41, 5.74) is 3.52. The number of likely N-dealkylation sites (N-methyl/N-ethyl adjacent to an activating group) is 1. The van der Waals surface area contributed by atoms with Crippen LogP contribution in [0.4, 0.5) is 21.5 Å². The van der Waals surface area contributed by atoms with E-state index in [4.69, 9.17) is 0 Å². The number of benzene rings is 2. The van der Waals surface area contributed by atoms with Gasteiger partial charge in [0, 0.05) is 57.6 Å². The number of amides is 2. The highest BCUT2D eigenvalue weighted by atomic mass is 19.1. The summed E-state index contributed by atoms with van der Waals surface area (Å²) in [5.74, 6) is -0.189. The Labute approximate surface area is 206 Å². The lowest BCUT2D eigenvalue weighted by molar-refractivity contribution is -0.120. The molecule has 8 heteroatoms. The zero-order valence-corrected chi connectivity index (χ0v) is 20.4. The van der Waals surface area contributed by atoms with E-state index >= 15 is 0 Å². The number of anilines is 3. The second kappa shape index (κ2) is 10.2. The van der Waals surface area contributed by atoms with E-state index in [1.807, 2.05) is 37.4 Å². The predicted molar refractivity (Wildman–Crippen MR) is 137 cm³/mol. The normalized spacial score (nSPS) is 20.5. The molecule has 0 spiro atoms. The first-order valence-corrected chi connectivity index (χ1v) is 12.7. The number of piperazine rings is 1. The van der Waals surface area contributed by atoms with E-state index in [0.717, 1.165) is 82.0 Å². The number of carbonyl (C=O) groups excluding carboxylic acids is 2. The van der Waals surface area contributed by atoms with E-state index in [1.54, 1.807) is 4.90 Å². The summed E-state index contributed by atoms with van der Waals surface area (Å²) in [7, 11) is 1.81. The molecular weight excluding hydrogens is 445 g/mol. The smallest absolute Gasteiger partial charge is 0.251 e. The van der Waals surface area contributed by atoms with E-state index in [0.29, 0.717) is 12.1 Å². The van der Waals surface area contributed by atoms with Crippen molar-refractivity contribution in [1.82, 2.24) is 10.2 Å². The number of nitrogens with one attached hydrogen (secondary N) is 1. The van der Waals surface area contributed by atoms with Crippen LogP contribution in [-0.4, -0.2) is 75.6 Å². The minimum atomic E-state index is -0.207. The Balaban J connectivity index is 1.09. The molecule has 0 aromatic heterocycles. The van der Waals surface area contributed by atoms with Gasteiger partial charge < -0.3 is 20.0 Å². The van der Waals surface area contributed by atoms with Crippen LogP contribution < -0.4 is 20.0 Å². The predicted octanol–water partition coefficient (Wildman–Crippen LogP) is 3.10. The molecule has 3 aliphatic rings. The van der Waals surface area contributed by atoms with Crippen molar-refractivity contribution in [3.05, 3.63) is 53.8 Å². The molecule has 35 heavy (non-hydrogen) atoms. The molecule has 1 N–H and O–H groups in total. The van der Waals surface area contributed by atoms with Crippen molar-refractivity contribution < 1.29 is 14.0 Å². The maximum absolute atomic E-state index is 13.1. The largest absolute Gasteiger partial charge is 0.369 e. The van der Waals surface area contributed by atoms with Gasteiger partial charge in [0.2, 0.25) is 5.91 Å². The van der Waals surface area contributed by atoms with Crippen LogP contribution in [0.1, 0.15) is 36.0 Å². The van der Waals surface area contributed by atoms with Crippen molar-refractivity contribution in [3.63, 3.8) is 0 Å². The van der Waals surface area contributed by atoms with Gasteiger partial charge in [0.05, 0.1) is 11.4 Å². The molecule has 2 amide bonds. The Kier molecular flexibility index (Phi) is 6.90. The molecule has 2 saturated heterocycles. The number of fused-ring (bicyclic) bond motifs is 3. The third-order valence-electron chi connectivity index (χ3n) is 7.53. The average molecular weight is 480 g/mol. The van der Waals surface area contributed by atoms with Crippen LogP contribution in [0.25, 0.3) is 0 Å². The van der Waals surface area contributed by atoms with E-state index in [2.05, 4.69) is 20.0 Å².